The SMILES string of the molecule is CCN1C(=O)/C(=C/c2ccc(N(CC)CC)cc2O)SC1=S. The van der Waals surface area contributed by atoms with Crippen LogP contribution in [-0.2, 0) is 4.79 Å². The second kappa shape index (κ2) is 7.15. The molecule has 118 valence electrons. The number of aromatic hydroxyl groups is 1. The summed E-state index contributed by atoms with van der Waals surface area (Å²) in [6.45, 7) is 8.36. The van der Waals surface area contributed by atoms with E-state index in [1.807, 2.05) is 19.1 Å². The van der Waals surface area contributed by atoms with E-state index >= 15 is 0 Å². The molecule has 0 aromatic heterocycles. The first kappa shape index (κ1) is 16.8. The highest BCUT2D eigenvalue weighted by atomic mass is 32.2. The zero-order valence-corrected chi connectivity index (χ0v) is 14.6. The normalized spacial score (nSPS) is 16.7. The molecule has 0 atom stereocenters. The van der Waals surface area contributed by atoms with Crippen molar-refractivity contribution in [2.45, 2.75) is 20.8 Å². The summed E-state index contributed by atoms with van der Waals surface area (Å²) in [6, 6.07) is 5.53. The molecule has 1 fully saturated rings. The fraction of sp³-hybridized carbons (Fsp3) is 0.375. The fourth-order valence-electron chi connectivity index (χ4n) is 2.35. The van der Waals surface area contributed by atoms with Crippen molar-refractivity contribution in [2.75, 3.05) is 24.5 Å². The molecule has 1 aromatic rings. The first-order valence-electron chi connectivity index (χ1n) is 7.35. The van der Waals surface area contributed by atoms with Crippen LogP contribution in [0.2, 0.25) is 0 Å². The summed E-state index contributed by atoms with van der Waals surface area (Å²) in [5.41, 5.74) is 1.60. The van der Waals surface area contributed by atoms with E-state index in [4.69, 9.17) is 12.2 Å². The highest BCUT2D eigenvalue weighted by Crippen LogP contribution is 2.34. The van der Waals surface area contributed by atoms with Crippen LogP contribution in [-0.4, -0.2) is 39.9 Å². The van der Waals surface area contributed by atoms with E-state index in [1.165, 1.54) is 11.8 Å². The summed E-state index contributed by atoms with van der Waals surface area (Å²) in [5.74, 6) is 0.0795. The maximum absolute atomic E-state index is 12.2. The number of phenols is 1. The Hall–Kier alpha value is -1.53. The van der Waals surface area contributed by atoms with E-state index in [0.717, 1.165) is 18.8 Å². The van der Waals surface area contributed by atoms with Crippen LogP contribution in [0, 0.1) is 0 Å². The molecule has 0 radical (unpaired) electrons. The molecule has 0 unspecified atom stereocenters. The quantitative estimate of drug-likeness (QED) is 0.659. The van der Waals surface area contributed by atoms with E-state index < -0.39 is 0 Å². The average molecular weight is 336 g/mol. The van der Waals surface area contributed by atoms with Gasteiger partial charge < -0.3 is 10.0 Å². The van der Waals surface area contributed by atoms with Gasteiger partial charge in [-0.3, -0.25) is 9.69 Å². The van der Waals surface area contributed by atoms with Crippen molar-refractivity contribution < 1.29 is 9.90 Å². The Morgan fingerprint density at radius 3 is 2.50 bits per heavy atom. The number of carbonyl (C=O) groups is 1. The Morgan fingerprint density at radius 1 is 1.32 bits per heavy atom. The summed E-state index contributed by atoms with van der Waals surface area (Å²) in [5, 5.41) is 10.2. The number of carbonyl (C=O) groups excluding carboxylic acids is 1. The van der Waals surface area contributed by atoms with E-state index in [9.17, 15) is 9.90 Å². The molecule has 4 nitrogen and oxygen atoms in total. The average Bonchev–Trinajstić information content (AvgIpc) is 2.77. The molecule has 1 heterocycles. The third-order valence-electron chi connectivity index (χ3n) is 3.62. The number of hydrogen-bond donors (Lipinski definition) is 1. The zero-order chi connectivity index (χ0) is 16.3. The Morgan fingerprint density at radius 2 is 2.00 bits per heavy atom. The minimum Gasteiger partial charge on any atom is -0.507 e. The van der Waals surface area contributed by atoms with Gasteiger partial charge in [0.05, 0.1) is 4.91 Å². The zero-order valence-electron chi connectivity index (χ0n) is 13.0. The highest BCUT2D eigenvalue weighted by molar-refractivity contribution is 8.26. The van der Waals surface area contributed by atoms with Crippen molar-refractivity contribution in [3.05, 3.63) is 28.7 Å². The Bertz CT molecular complexity index is 625. The number of thiocarbonyl (C=S) groups is 1. The molecule has 0 aliphatic carbocycles. The summed E-state index contributed by atoms with van der Waals surface area (Å²) >= 11 is 6.46. The topological polar surface area (TPSA) is 43.8 Å². The molecule has 1 N–H and O–H groups in total. The molecule has 2 rings (SSSR count). The van der Waals surface area contributed by atoms with Gasteiger partial charge in [0.1, 0.15) is 10.1 Å². The van der Waals surface area contributed by atoms with Gasteiger partial charge in [0.2, 0.25) is 0 Å². The molecular weight excluding hydrogens is 316 g/mol. The van der Waals surface area contributed by atoms with Crippen molar-refractivity contribution in [3.63, 3.8) is 0 Å². The monoisotopic (exact) mass is 336 g/mol. The number of phenolic OH excluding ortho intramolecular Hbond substituents is 1. The second-order valence-electron chi connectivity index (χ2n) is 4.84. The maximum atomic E-state index is 12.2. The lowest BCUT2D eigenvalue weighted by atomic mass is 10.1. The van der Waals surface area contributed by atoms with Gasteiger partial charge in [-0.25, -0.2) is 0 Å². The van der Waals surface area contributed by atoms with Gasteiger partial charge in [0.15, 0.2) is 0 Å². The van der Waals surface area contributed by atoms with E-state index in [-0.39, 0.29) is 11.7 Å². The van der Waals surface area contributed by atoms with Crippen LogP contribution < -0.4 is 4.90 Å². The standard InChI is InChI=1S/C16H20N2O2S2/c1-4-17(5-2)12-8-7-11(13(19)10-12)9-14-15(20)18(6-3)16(21)22-14/h7-10,19H,4-6H2,1-3H3/b14-9-. The van der Waals surface area contributed by atoms with Crippen molar-refractivity contribution in [1.82, 2.24) is 4.90 Å². The molecule has 0 saturated carbocycles. The van der Waals surface area contributed by atoms with Crippen molar-refractivity contribution in [2.24, 2.45) is 0 Å². The molecule has 1 amide bonds. The summed E-state index contributed by atoms with van der Waals surface area (Å²) in [7, 11) is 0. The van der Waals surface area contributed by atoms with Gasteiger partial charge in [-0.2, -0.15) is 0 Å². The molecule has 1 aromatic carbocycles. The fourth-order valence-corrected chi connectivity index (χ4v) is 3.73. The summed E-state index contributed by atoms with van der Waals surface area (Å²) in [6.07, 6.45) is 1.70. The van der Waals surface area contributed by atoms with Crippen LogP contribution in [0.5, 0.6) is 5.75 Å². The van der Waals surface area contributed by atoms with Gasteiger partial charge in [0, 0.05) is 37.0 Å². The van der Waals surface area contributed by atoms with Gasteiger partial charge >= 0.3 is 0 Å². The number of nitrogens with zero attached hydrogens (tertiary/aromatic N) is 2. The number of likely N-dealkylation sites (N-methyl/N-ethyl adjacent to an activating group) is 1. The molecule has 1 saturated heterocycles. The Labute approximate surface area is 140 Å². The minimum atomic E-state index is -0.0929. The van der Waals surface area contributed by atoms with Gasteiger partial charge in [-0.1, -0.05) is 24.0 Å². The Balaban J connectivity index is 2.29. The van der Waals surface area contributed by atoms with Crippen LogP contribution >= 0.6 is 24.0 Å². The van der Waals surface area contributed by atoms with E-state index in [1.54, 1.807) is 17.0 Å². The first-order valence-corrected chi connectivity index (χ1v) is 8.57. The summed E-state index contributed by atoms with van der Waals surface area (Å²) < 4.78 is 0.568. The van der Waals surface area contributed by atoms with Crippen molar-refractivity contribution in [3.8, 4) is 5.75 Å². The van der Waals surface area contributed by atoms with E-state index in [2.05, 4.69) is 18.7 Å². The predicted molar refractivity (Wildman–Crippen MR) is 97.2 cm³/mol. The lowest BCUT2D eigenvalue weighted by Gasteiger charge is -2.21. The predicted octanol–water partition coefficient (Wildman–Crippen LogP) is 3.46. The number of hydrogen-bond acceptors (Lipinski definition) is 5. The molecule has 6 heteroatoms. The molecule has 0 spiro atoms. The number of benzene rings is 1. The van der Waals surface area contributed by atoms with Crippen LogP contribution in [0.3, 0.4) is 0 Å². The van der Waals surface area contributed by atoms with Gasteiger partial charge in [-0.15, -0.1) is 0 Å². The lowest BCUT2D eigenvalue weighted by Crippen LogP contribution is -2.27. The second-order valence-corrected chi connectivity index (χ2v) is 6.52. The third kappa shape index (κ3) is 3.28. The van der Waals surface area contributed by atoms with Crippen LogP contribution in [0.25, 0.3) is 6.08 Å². The van der Waals surface area contributed by atoms with E-state index in [0.29, 0.717) is 21.3 Å². The third-order valence-corrected chi connectivity index (χ3v) is 5.00. The highest BCUT2D eigenvalue weighted by Gasteiger charge is 2.30. The Kier molecular flexibility index (Phi) is 5.47. The molecule has 22 heavy (non-hydrogen) atoms. The van der Waals surface area contributed by atoms with Crippen molar-refractivity contribution >= 4 is 46.0 Å². The first-order chi connectivity index (χ1) is 10.5. The number of rotatable bonds is 5. The molecule has 1 aliphatic heterocycles. The van der Waals surface area contributed by atoms with Crippen LogP contribution in [0.15, 0.2) is 23.1 Å². The lowest BCUT2D eigenvalue weighted by molar-refractivity contribution is -0.121. The maximum Gasteiger partial charge on any atom is 0.266 e. The number of amides is 1. The molecule has 0 bridgehead atoms. The number of anilines is 1. The van der Waals surface area contributed by atoms with Gasteiger partial charge in [0.25, 0.3) is 5.91 Å². The summed E-state index contributed by atoms with van der Waals surface area (Å²) in [4.78, 5) is 16.5. The van der Waals surface area contributed by atoms with Gasteiger partial charge in [-0.05, 0) is 39.0 Å². The van der Waals surface area contributed by atoms with Crippen LogP contribution in [0.1, 0.15) is 26.3 Å². The van der Waals surface area contributed by atoms with Crippen LogP contribution in [0.4, 0.5) is 5.69 Å². The minimum absolute atomic E-state index is 0.0929. The molecular formula is C16H20N2O2S2. The molecule has 1 aliphatic rings. The van der Waals surface area contributed by atoms with Crippen molar-refractivity contribution in [1.29, 1.82) is 0 Å². The smallest absolute Gasteiger partial charge is 0.266 e. The largest absolute Gasteiger partial charge is 0.507 e. The number of thioether (sulfide) groups is 1.